The van der Waals surface area contributed by atoms with E-state index in [1.54, 1.807) is 0 Å². The average molecular weight is 244 g/mol. The first-order chi connectivity index (χ1) is 8.27. The molecule has 5 nitrogen and oxygen atoms in total. The molecule has 0 saturated carbocycles. The number of nitrogens with zero attached hydrogens (tertiary/aromatic N) is 1. The van der Waals surface area contributed by atoms with E-state index in [-0.39, 0.29) is 12.0 Å². The highest BCUT2D eigenvalue weighted by Gasteiger charge is 2.22. The van der Waals surface area contributed by atoms with Gasteiger partial charge in [-0.3, -0.25) is 9.69 Å². The molecular formula is C12H24N2O3. The maximum absolute atomic E-state index is 11.8. The Balaban J connectivity index is 2.43. The second kappa shape index (κ2) is 8.44. The van der Waals surface area contributed by atoms with Crippen LogP contribution in [-0.2, 0) is 14.3 Å². The quantitative estimate of drug-likeness (QED) is 0.679. The zero-order valence-electron chi connectivity index (χ0n) is 10.9. The highest BCUT2D eigenvalue weighted by Crippen LogP contribution is 2.02. The Kier molecular flexibility index (Phi) is 7.16. The maximum atomic E-state index is 11.8. The molecule has 1 unspecified atom stereocenters. The minimum Gasteiger partial charge on any atom is -0.465 e. The number of carbonyl (C=O) groups is 1. The zero-order valence-corrected chi connectivity index (χ0v) is 10.9. The molecule has 1 aliphatic rings. The standard InChI is InChI=1S/C12H24N2O3/c1-3-13-11(12(15)17-4-2)10-14-6-5-8-16-9-7-14/h11,13H,3-10H2,1-2H3. The van der Waals surface area contributed by atoms with Gasteiger partial charge in [0.05, 0.1) is 13.2 Å². The van der Waals surface area contributed by atoms with Gasteiger partial charge in [0.25, 0.3) is 0 Å². The molecule has 0 aliphatic carbocycles. The van der Waals surface area contributed by atoms with Gasteiger partial charge in [-0.15, -0.1) is 0 Å². The van der Waals surface area contributed by atoms with Gasteiger partial charge in [0.1, 0.15) is 6.04 Å². The van der Waals surface area contributed by atoms with Crippen molar-refractivity contribution >= 4 is 5.97 Å². The van der Waals surface area contributed by atoms with Crippen molar-refractivity contribution in [3.05, 3.63) is 0 Å². The largest absolute Gasteiger partial charge is 0.465 e. The third-order valence-electron chi connectivity index (χ3n) is 2.78. The number of esters is 1. The Bertz CT molecular complexity index is 216. The van der Waals surface area contributed by atoms with Crippen molar-refractivity contribution in [3.8, 4) is 0 Å². The number of hydrogen-bond donors (Lipinski definition) is 1. The van der Waals surface area contributed by atoms with Gasteiger partial charge >= 0.3 is 5.97 Å². The molecule has 1 atom stereocenters. The predicted molar refractivity (Wildman–Crippen MR) is 66.0 cm³/mol. The first-order valence-electron chi connectivity index (χ1n) is 6.48. The molecule has 0 bridgehead atoms. The fourth-order valence-electron chi connectivity index (χ4n) is 1.95. The van der Waals surface area contributed by atoms with Crippen molar-refractivity contribution in [2.24, 2.45) is 0 Å². The highest BCUT2D eigenvalue weighted by molar-refractivity contribution is 5.76. The lowest BCUT2D eigenvalue weighted by Crippen LogP contribution is -2.47. The lowest BCUT2D eigenvalue weighted by molar-refractivity contribution is -0.146. The molecule has 0 radical (unpaired) electrons. The van der Waals surface area contributed by atoms with Gasteiger partial charge in [-0.25, -0.2) is 0 Å². The van der Waals surface area contributed by atoms with Crippen LogP contribution in [-0.4, -0.2) is 62.9 Å². The second-order valence-corrected chi connectivity index (χ2v) is 4.13. The van der Waals surface area contributed by atoms with E-state index < -0.39 is 0 Å². The van der Waals surface area contributed by atoms with Crippen LogP contribution in [0.25, 0.3) is 0 Å². The Morgan fingerprint density at radius 2 is 2.24 bits per heavy atom. The van der Waals surface area contributed by atoms with Gasteiger partial charge in [-0.2, -0.15) is 0 Å². The van der Waals surface area contributed by atoms with Crippen molar-refractivity contribution in [3.63, 3.8) is 0 Å². The topological polar surface area (TPSA) is 50.8 Å². The first kappa shape index (κ1) is 14.4. The van der Waals surface area contributed by atoms with E-state index in [4.69, 9.17) is 9.47 Å². The molecule has 0 aromatic heterocycles. The summed E-state index contributed by atoms with van der Waals surface area (Å²) in [5.41, 5.74) is 0. The molecule has 0 aromatic rings. The smallest absolute Gasteiger partial charge is 0.324 e. The molecule has 1 saturated heterocycles. The molecule has 1 aliphatic heterocycles. The van der Waals surface area contributed by atoms with Crippen LogP contribution < -0.4 is 5.32 Å². The predicted octanol–water partition coefficient (Wildman–Crippen LogP) is 0.250. The van der Waals surface area contributed by atoms with E-state index in [1.165, 1.54) is 0 Å². The lowest BCUT2D eigenvalue weighted by atomic mass is 10.2. The molecular weight excluding hydrogens is 220 g/mol. The van der Waals surface area contributed by atoms with Gasteiger partial charge in [-0.1, -0.05) is 6.92 Å². The molecule has 0 amide bonds. The summed E-state index contributed by atoms with van der Waals surface area (Å²) in [4.78, 5) is 14.0. The molecule has 1 N–H and O–H groups in total. The zero-order chi connectivity index (χ0) is 12.5. The summed E-state index contributed by atoms with van der Waals surface area (Å²) in [6, 6.07) is -0.224. The van der Waals surface area contributed by atoms with E-state index in [9.17, 15) is 4.79 Å². The fraction of sp³-hybridized carbons (Fsp3) is 0.917. The van der Waals surface area contributed by atoms with E-state index in [2.05, 4.69) is 10.2 Å². The van der Waals surface area contributed by atoms with E-state index in [1.807, 2.05) is 13.8 Å². The summed E-state index contributed by atoms with van der Waals surface area (Å²) in [5.74, 6) is -0.153. The molecule has 5 heteroatoms. The van der Waals surface area contributed by atoms with Gasteiger partial charge < -0.3 is 14.8 Å². The molecule has 17 heavy (non-hydrogen) atoms. The van der Waals surface area contributed by atoms with Crippen LogP contribution >= 0.6 is 0 Å². The molecule has 100 valence electrons. The Morgan fingerprint density at radius 1 is 1.41 bits per heavy atom. The van der Waals surface area contributed by atoms with E-state index >= 15 is 0 Å². The fourth-order valence-corrected chi connectivity index (χ4v) is 1.95. The van der Waals surface area contributed by atoms with Crippen LogP contribution in [0.5, 0.6) is 0 Å². The summed E-state index contributed by atoms with van der Waals surface area (Å²) < 4.78 is 10.5. The number of hydrogen-bond acceptors (Lipinski definition) is 5. The number of nitrogens with one attached hydrogen (secondary N) is 1. The summed E-state index contributed by atoms with van der Waals surface area (Å²) in [5, 5.41) is 3.18. The van der Waals surface area contributed by atoms with E-state index in [0.717, 1.165) is 39.3 Å². The van der Waals surface area contributed by atoms with Crippen LogP contribution in [0.15, 0.2) is 0 Å². The Labute approximate surface area is 103 Å². The van der Waals surface area contributed by atoms with Crippen molar-refractivity contribution in [1.82, 2.24) is 10.2 Å². The van der Waals surface area contributed by atoms with Crippen molar-refractivity contribution in [2.75, 3.05) is 46.0 Å². The minimum absolute atomic E-state index is 0.153. The van der Waals surface area contributed by atoms with Gasteiger partial charge in [0.15, 0.2) is 0 Å². The van der Waals surface area contributed by atoms with Crippen molar-refractivity contribution < 1.29 is 14.3 Å². The molecule has 1 fully saturated rings. The van der Waals surface area contributed by atoms with Crippen LogP contribution in [0.2, 0.25) is 0 Å². The number of ether oxygens (including phenoxy) is 2. The maximum Gasteiger partial charge on any atom is 0.324 e. The first-order valence-corrected chi connectivity index (χ1v) is 6.48. The molecule has 1 rings (SSSR count). The Morgan fingerprint density at radius 3 is 2.94 bits per heavy atom. The van der Waals surface area contributed by atoms with Crippen LogP contribution in [0.3, 0.4) is 0 Å². The summed E-state index contributed by atoms with van der Waals surface area (Å²) >= 11 is 0. The third-order valence-corrected chi connectivity index (χ3v) is 2.78. The van der Waals surface area contributed by atoms with Gasteiger partial charge in [0, 0.05) is 26.2 Å². The van der Waals surface area contributed by atoms with Crippen LogP contribution in [0, 0.1) is 0 Å². The normalized spacial score (nSPS) is 19.6. The highest BCUT2D eigenvalue weighted by atomic mass is 16.5. The average Bonchev–Trinajstić information content (AvgIpc) is 2.57. The van der Waals surface area contributed by atoms with Crippen molar-refractivity contribution in [2.45, 2.75) is 26.3 Å². The van der Waals surface area contributed by atoms with Crippen LogP contribution in [0.4, 0.5) is 0 Å². The van der Waals surface area contributed by atoms with Crippen LogP contribution in [0.1, 0.15) is 20.3 Å². The number of likely N-dealkylation sites (N-methyl/N-ethyl adjacent to an activating group) is 1. The monoisotopic (exact) mass is 244 g/mol. The summed E-state index contributed by atoms with van der Waals surface area (Å²) in [6.07, 6.45) is 1.03. The summed E-state index contributed by atoms with van der Waals surface area (Å²) in [6.45, 7) is 9.19. The van der Waals surface area contributed by atoms with Crippen molar-refractivity contribution in [1.29, 1.82) is 0 Å². The van der Waals surface area contributed by atoms with Gasteiger partial charge in [-0.05, 0) is 19.9 Å². The molecule has 0 aromatic carbocycles. The van der Waals surface area contributed by atoms with E-state index in [0.29, 0.717) is 13.2 Å². The molecule has 1 heterocycles. The number of carbonyl (C=O) groups excluding carboxylic acids is 1. The second-order valence-electron chi connectivity index (χ2n) is 4.13. The molecule has 0 spiro atoms. The minimum atomic E-state index is -0.224. The third kappa shape index (κ3) is 5.48. The number of rotatable bonds is 6. The Hall–Kier alpha value is -0.650. The SMILES string of the molecule is CCNC(CN1CCCOCC1)C(=O)OCC. The lowest BCUT2D eigenvalue weighted by Gasteiger charge is -2.24. The van der Waals surface area contributed by atoms with Gasteiger partial charge in [0.2, 0.25) is 0 Å². The summed E-state index contributed by atoms with van der Waals surface area (Å²) in [7, 11) is 0.